The van der Waals surface area contributed by atoms with Crippen LogP contribution in [0.4, 0.5) is 0 Å². The van der Waals surface area contributed by atoms with E-state index < -0.39 is 0 Å². The van der Waals surface area contributed by atoms with Gasteiger partial charge < -0.3 is 14.1 Å². The summed E-state index contributed by atoms with van der Waals surface area (Å²) in [4.78, 5) is 25.0. The van der Waals surface area contributed by atoms with Gasteiger partial charge in [-0.25, -0.2) is 4.98 Å². The van der Waals surface area contributed by atoms with Gasteiger partial charge in [-0.05, 0) is 29.3 Å². The van der Waals surface area contributed by atoms with Gasteiger partial charge in [0, 0.05) is 44.5 Å². The lowest BCUT2D eigenvalue weighted by Gasteiger charge is -2.34. The zero-order chi connectivity index (χ0) is 20.8. The molecule has 0 saturated carbocycles. The van der Waals surface area contributed by atoms with E-state index in [1.54, 1.807) is 0 Å². The van der Waals surface area contributed by atoms with Gasteiger partial charge in [0.15, 0.2) is 0 Å². The minimum absolute atomic E-state index is 0.213. The number of fused-ring (bicyclic) bond motifs is 4. The highest BCUT2D eigenvalue weighted by Gasteiger charge is 2.20. The van der Waals surface area contributed by atoms with Gasteiger partial charge >= 0.3 is 0 Å². The fraction of sp³-hybridized carbons (Fsp3) is 0.333. The molecule has 0 unspecified atom stereocenters. The predicted octanol–water partition coefficient (Wildman–Crippen LogP) is 2.92. The van der Waals surface area contributed by atoms with Crippen molar-refractivity contribution in [1.29, 1.82) is 0 Å². The lowest BCUT2D eigenvalue weighted by Crippen LogP contribution is -2.45. The lowest BCUT2D eigenvalue weighted by molar-refractivity contribution is 0.120. The molecule has 7 heteroatoms. The Morgan fingerprint density at radius 3 is 2.68 bits per heavy atom. The van der Waals surface area contributed by atoms with Crippen LogP contribution in [0.5, 0.6) is 5.75 Å². The van der Waals surface area contributed by atoms with Crippen molar-refractivity contribution < 1.29 is 9.15 Å². The third-order valence-electron chi connectivity index (χ3n) is 6.28. The van der Waals surface area contributed by atoms with Crippen molar-refractivity contribution in [3.8, 4) is 5.75 Å². The van der Waals surface area contributed by atoms with E-state index in [2.05, 4.69) is 33.0 Å². The average Bonchev–Trinajstić information content (AvgIpc) is 3.40. The number of ether oxygens (including phenoxy) is 1. The number of hydrogen-bond acceptors (Lipinski definition) is 6. The summed E-state index contributed by atoms with van der Waals surface area (Å²) >= 11 is 0. The molecule has 31 heavy (non-hydrogen) atoms. The van der Waals surface area contributed by atoms with Gasteiger partial charge in [-0.3, -0.25) is 14.6 Å². The maximum atomic E-state index is 12.5. The molecule has 0 atom stereocenters. The summed E-state index contributed by atoms with van der Waals surface area (Å²) in [7, 11) is 0. The molecule has 2 aromatic heterocycles. The highest BCUT2D eigenvalue weighted by Crippen LogP contribution is 2.27. The van der Waals surface area contributed by atoms with Crippen molar-refractivity contribution in [2.45, 2.75) is 19.5 Å². The van der Waals surface area contributed by atoms with Crippen molar-refractivity contribution >= 4 is 22.1 Å². The molecule has 2 aliphatic heterocycles. The van der Waals surface area contributed by atoms with Crippen LogP contribution in [0, 0.1) is 0 Å². The first kappa shape index (κ1) is 18.6. The van der Waals surface area contributed by atoms with Crippen molar-refractivity contribution in [1.82, 2.24) is 19.8 Å². The number of aromatic amines is 1. The fourth-order valence-corrected chi connectivity index (χ4v) is 4.64. The molecule has 0 spiro atoms. The molecule has 2 aliphatic rings. The van der Waals surface area contributed by atoms with E-state index in [1.165, 1.54) is 11.1 Å². The first-order valence-electron chi connectivity index (χ1n) is 10.8. The Bertz CT molecular complexity index is 1320. The van der Waals surface area contributed by atoms with Crippen molar-refractivity contribution in [3.05, 3.63) is 69.8 Å². The highest BCUT2D eigenvalue weighted by atomic mass is 16.5. The molecule has 6 rings (SSSR count). The Hall–Kier alpha value is -3.16. The summed E-state index contributed by atoms with van der Waals surface area (Å²) in [6.45, 7) is 6.28. The molecular weight excluding hydrogens is 392 g/mol. The number of furan rings is 1. The second kappa shape index (κ2) is 7.51. The smallest absolute Gasteiger partial charge is 0.294 e. The summed E-state index contributed by atoms with van der Waals surface area (Å²) < 4.78 is 11.3. The van der Waals surface area contributed by atoms with Crippen molar-refractivity contribution in [2.75, 3.05) is 32.8 Å². The van der Waals surface area contributed by atoms with E-state index in [-0.39, 0.29) is 5.56 Å². The quantitative estimate of drug-likeness (QED) is 0.551. The molecule has 4 heterocycles. The van der Waals surface area contributed by atoms with Crippen LogP contribution in [0.2, 0.25) is 0 Å². The average molecular weight is 416 g/mol. The van der Waals surface area contributed by atoms with Gasteiger partial charge in [-0.15, -0.1) is 0 Å². The van der Waals surface area contributed by atoms with E-state index in [9.17, 15) is 4.79 Å². The number of benzene rings is 2. The zero-order valence-corrected chi connectivity index (χ0v) is 17.3. The number of para-hydroxylation sites is 1. The minimum Gasteiger partial charge on any atom is -0.493 e. The Kier molecular flexibility index (Phi) is 4.51. The Balaban J connectivity index is 1.13. The molecule has 4 aromatic rings. The van der Waals surface area contributed by atoms with Gasteiger partial charge in [-0.2, -0.15) is 0 Å². The largest absolute Gasteiger partial charge is 0.493 e. The van der Waals surface area contributed by atoms with Crippen molar-refractivity contribution in [2.24, 2.45) is 0 Å². The first-order chi connectivity index (χ1) is 15.2. The Morgan fingerprint density at radius 2 is 1.81 bits per heavy atom. The summed E-state index contributed by atoms with van der Waals surface area (Å²) in [6, 6.07) is 14.2. The van der Waals surface area contributed by atoms with Crippen LogP contribution in [0.3, 0.4) is 0 Å². The number of piperazine rings is 1. The van der Waals surface area contributed by atoms with Crippen LogP contribution >= 0.6 is 0 Å². The summed E-state index contributed by atoms with van der Waals surface area (Å²) in [6.07, 6.45) is 1.01. The first-order valence-corrected chi connectivity index (χ1v) is 10.8. The molecule has 7 nitrogen and oxygen atoms in total. The number of H-pyrrole nitrogens is 1. The van der Waals surface area contributed by atoms with Crippen LogP contribution < -0.4 is 10.3 Å². The molecule has 0 amide bonds. The van der Waals surface area contributed by atoms with Crippen molar-refractivity contribution in [3.63, 3.8) is 0 Å². The molecule has 158 valence electrons. The minimum atomic E-state index is -0.213. The topological polar surface area (TPSA) is 74.6 Å². The molecule has 0 aliphatic carbocycles. The lowest BCUT2D eigenvalue weighted by atomic mass is 10.1. The van der Waals surface area contributed by atoms with Crippen LogP contribution in [0.1, 0.15) is 17.0 Å². The molecule has 0 bridgehead atoms. The Labute approximate surface area is 179 Å². The third-order valence-corrected chi connectivity index (χ3v) is 6.28. The van der Waals surface area contributed by atoms with E-state index >= 15 is 0 Å². The molecule has 2 aromatic carbocycles. The van der Waals surface area contributed by atoms with E-state index in [4.69, 9.17) is 14.1 Å². The molecule has 1 saturated heterocycles. The van der Waals surface area contributed by atoms with Crippen LogP contribution in [-0.2, 0) is 19.5 Å². The Morgan fingerprint density at radius 1 is 1.00 bits per heavy atom. The molecule has 1 fully saturated rings. The predicted molar refractivity (Wildman–Crippen MR) is 118 cm³/mol. The van der Waals surface area contributed by atoms with Gasteiger partial charge in [0.2, 0.25) is 5.58 Å². The molecular formula is C24H24N4O3. The SMILES string of the molecule is O=c1[nH]c(CN2CCN(Cc3ccc4c(c3)CCO4)CC2)nc2c1oc1ccccc12. The van der Waals surface area contributed by atoms with Gasteiger partial charge in [0.1, 0.15) is 22.7 Å². The molecule has 1 N–H and O–H groups in total. The number of rotatable bonds is 4. The second-order valence-corrected chi connectivity index (χ2v) is 8.38. The van der Waals surface area contributed by atoms with Gasteiger partial charge in [0.25, 0.3) is 5.56 Å². The zero-order valence-electron chi connectivity index (χ0n) is 17.3. The third kappa shape index (κ3) is 3.49. The second-order valence-electron chi connectivity index (χ2n) is 8.38. The van der Waals surface area contributed by atoms with Crippen LogP contribution in [-0.4, -0.2) is 52.6 Å². The normalized spacial score (nSPS) is 17.3. The highest BCUT2D eigenvalue weighted by molar-refractivity contribution is 6.01. The maximum Gasteiger partial charge on any atom is 0.294 e. The van der Waals surface area contributed by atoms with Gasteiger partial charge in [0.05, 0.1) is 13.2 Å². The standard InChI is InChI=1S/C24H24N4O3/c29-24-23-22(18-3-1-2-4-20(18)31-23)25-21(26-24)15-28-10-8-27(9-11-28)14-16-5-6-19-17(13-16)7-12-30-19/h1-6,13H,7-12,14-15H2,(H,25,26,29). The number of nitrogens with one attached hydrogen (secondary N) is 1. The molecule has 0 radical (unpaired) electrons. The maximum absolute atomic E-state index is 12.5. The summed E-state index contributed by atoms with van der Waals surface area (Å²) in [5.74, 6) is 1.73. The monoisotopic (exact) mass is 416 g/mol. The summed E-state index contributed by atoms with van der Waals surface area (Å²) in [5.41, 5.74) is 4.10. The van der Waals surface area contributed by atoms with Crippen LogP contribution in [0.25, 0.3) is 22.1 Å². The number of hydrogen-bond donors (Lipinski definition) is 1. The summed E-state index contributed by atoms with van der Waals surface area (Å²) in [5, 5.41) is 0.884. The van der Waals surface area contributed by atoms with Crippen LogP contribution in [0.15, 0.2) is 51.7 Å². The van der Waals surface area contributed by atoms with E-state index in [0.717, 1.165) is 56.9 Å². The van der Waals surface area contributed by atoms with E-state index in [1.807, 2.05) is 24.3 Å². The van der Waals surface area contributed by atoms with E-state index in [0.29, 0.717) is 29.1 Å². The van der Waals surface area contributed by atoms with Gasteiger partial charge in [-0.1, -0.05) is 24.3 Å². The fourth-order valence-electron chi connectivity index (χ4n) is 4.64. The number of aromatic nitrogens is 2. The number of nitrogens with zero attached hydrogens (tertiary/aromatic N) is 3.